The molecule has 0 aliphatic carbocycles. The van der Waals surface area contributed by atoms with Crippen molar-refractivity contribution in [3.8, 4) is 5.75 Å². The lowest BCUT2D eigenvalue weighted by molar-refractivity contribution is 0.417. The number of methoxy groups -OCH3 is 1. The van der Waals surface area contributed by atoms with Crippen molar-refractivity contribution in [1.82, 2.24) is 5.32 Å². The van der Waals surface area contributed by atoms with Crippen LogP contribution in [0.3, 0.4) is 0 Å². The molecule has 0 amide bonds. The first-order valence-electron chi connectivity index (χ1n) is 7.29. The van der Waals surface area contributed by atoms with Crippen molar-refractivity contribution in [3.63, 3.8) is 0 Å². The molecule has 0 bridgehead atoms. The molecule has 0 fully saturated rings. The highest BCUT2D eigenvalue weighted by Gasteiger charge is 2.07. The Morgan fingerprint density at radius 3 is 2.75 bits per heavy atom. The van der Waals surface area contributed by atoms with E-state index in [9.17, 15) is 0 Å². The van der Waals surface area contributed by atoms with Crippen molar-refractivity contribution in [2.24, 2.45) is 0 Å². The molecule has 1 atom stereocenters. The minimum absolute atomic E-state index is 0.386. The number of hydrogen-bond donors (Lipinski definition) is 2. The van der Waals surface area contributed by atoms with Crippen LogP contribution in [0.15, 0.2) is 18.2 Å². The molecule has 112 valence electrons. The Morgan fingerprint density at radius 2 is 2.10 bits per heavy atom. The summed E-state index contributed by atoms with van der Waals surface area (Å²) in [5.74, 6) is 0.804. The maximum atomic E-state index is 5.36. The van der Waals surface area contributed by atoms with E-state index < -0.39 is 0 Å². The SMILES string of the molecule is CCCCCC(C)NC(=S)Nc1cc(C)ccc1OC. The highest BCUT2D eigenvalue weighted by Crippen LogP contribution is 2.25. The van der Waals surface area contributed by atoms with Crippen LogP contribution >= 0.6 is 12.2 Å². The van der Waals surface area contributed by atoms with E-state index in [0.717, 1.165) is 17.9 Å². The Labute approximate surface area is 128 Å². The minimum atomic E-state index is 0.386. The molecule has 0 aliphatic heterocycles. The monoisotopic (exact) mass is 294 g/mol. The van der Waals surface area contributed by atoms with Gasteiger partial charge in [-0.15, -0.1) is 0 Å². The zero-order chi connectivity index (χ0) is 15.0. The van der Waals surface area contributed by atoms with Crippen LogP contribution in [0.4, 0.5) is 5.69 Å². The van der Waals surface area contributed by atoms with Crippen molar-refractivity contribution < 1.29 is 4.74 Å². The summed E-state index contributed by atoms with van der Waals surface area (Å²) in [5, 5.41) is 7.19. The van der Waals surface area contributed by atoms with Crippen molar-refractivity contribution in [3.05, 3.63) is 23.8 Å². The first-order chi connectivity index (χ1) is 9.56. The highest BCUT2D eigenvalue weighted by molar-refractivity contribution is 7.80. The van der Waals surface area contributed by atoms with E-state index in [1.165, 1.54) is 24.8 Å². The second-order valence-electron chi connectivity index (χ2n) is 5.20. The fourth-order valence-electron chi connectivity index (χ4n) is 2.07. The predicted octanol–water partition coefficient (Wildman–Crippen LogP) is 4.26. The van der Waals surface area contributed by atoms with E-state index in [1.54, 1.807) is 7.11 Å². The zero-order valence-corrected chi connectivity index (χ0v) is 13.8. The summed E-state index contributed by atoms with van der Waals surface area (Å²) in [6.45, 7) is 6.43. The van der Waals surface area contributed by atoms with E-state index >= 15 is 0 Å². The Hall–Kier alpha value is -1.29. The number of rotatable bonds is 7. The summed E-state index contributed by atoms with van der Waals surface area (Å²) in [4.78, 5) is 0. The molecule has 1 unspecified atom stereocenters. The van der Waals surface area contributed by atoms with Gasteiger partial charge in [-0.1, -0.05) is 32.3 Å². The van der Waals surface area contributed by atoms with Gasteiger partial charge in [-0.05, 0) is 50.2 Å². The number of ether oxygens (including phenoxy) is 1. The highest BCUT2D eigenvalue weighted by atomic mass is 32.1. The number of benzene rings is 1. The lowest BCUT2D eigenvalue weighted by Gasteiger charge is -2.18. The third-order valence-corrected chi connectivity index (χ3v) is 3.44. The van der Waals surface area contributed by atoms with Gasteiger partial charge in [0.05, 0.1) is 12.8 Å². The summed E-state index contributed by atoms with van der Waals surface area (Å²) in [7, 11) is 1.67. The van der Waals surface area contributed by atoms with Crippen molar-refractivity contribution in [1.29, 1.82) is 0 Å². The first-order valence-corrected chi connectivity index (χ1v) is 7.69. The van der Waals surface area contributed by atoms with E-state index in [-0.39, 0.29) is 0 Å². The Morgan fingerprint density at radius 1 is 1.35 bits per heavy atom. The van der Waals surface area contributed by atoms with E-state index in [1.807, 2.05) is 18.2 Å². The molecule has 0 radical (unpaired) electrons. The number of unbranched alkanes of at least 4 members (excludes halogenated alkanes) is 2. The third-order valence-electron chi connectivity index (χ3n) is 3.22. The molecule has 4 heteroatoms. The fourth-order valence-corrected chi connectivity index (χ4v) is 2.39. The zero-order valence-electron chi connectivity index (χ0n) is 13.0. The summed E-state index contributed by atoms with van der Waals surface area (Å²) in [6.07, 6.45) is 4.90. The number of aryl methyl sites for hydroxylation is 1. The van der Waals surface area contributed by atoms with Gasteiger partial charge in [-0.25, -0.2) is 0 Å². The largest absolute Gasteiger partial charge is 0.495 e. The topological polar surface area (TPSA) is 33.3 Å². The van der Waals surface area contributed by atoms with Gasteiger partial charge in [-0.3, -0.25) is 0 Å². The molecule has 1 aromatic carbocycles. The second-order valence-corrected chi connectivity index (χ2v) is 5.61. The summed E-state index contributed by atoms with van der Waals surface area (Å²) in [6, 6.07) is 6.39. The van der Waals surface area contributed by atoms with Gasteiger partial charge in [0.2, 0.25) is 0 Å². The van der Waals surface area contributed by atoms with Crippen LogP contribution in [-0.2, 0) is 0 Å². The number of nitrogens with one attached hydrogen (secondary N) is 2. The number of thiocarbonyl (C=S) groups is 1. The average Bonchev–Trinajstić information content (AvgIpc) is 2.39. The molecular formula is C16H26N2OS. The van der Waals surface area contributed by atoms with Crippen LogP contribution in [0.2, 0.25) is 0 Å². The Balaban J connectivity index is 2.51. The molecule has 3 nitrogen and oxygen atoms in total. The maximum absolute atomic E-state index is 5.36. The van der Waals surface area contributed by atoms with Gasteiger partial charge in [0.25, 0.3) is 0 Å². The summed E-state index contributed by atoms with van der Waals surface area (Å²) >= 11 is 5.36. The lowest BCUT2D eigenvalue weighted by atomic mass is 10.1. The van der Waals surface area contributed by atoms with Crippen molar-refractivity contribution in [2.75, 3.05) is 12.4 Å². The van der Waals surface area contributed by atoms with Crippen LogP contribution in [0.1, 0.15) is 45.1 Å². The predicted molar refractivity (Wildman–Crippen MR) is 90.7 cm³/mol. The van der Waals surface area contributed by atoms with Gasteiger partial charge >= 0.3 is 0 Å². The van der Waals surface area contributed by atoms with Crippen LogP contribution in [0.25, 0.3) is 0 Å². The molecule has 2 N–H and O–H groups in total. The molecule has 20 heavy (non-hydrogen) atoms. The van der Waals surface area contributed by atoms with Crippen molar-refractivity contribution >= 4 is 23.0 Å². The molecule has 1 rings (SSSR count). The molecular weight excluding hydrogens is 268 g/mol. The fraction of sp³-hybridized carbons (Fsp3) is 0.562. The van der Waals surface area contributed by atoms with Crippen LogP contribution in [0.5, 0.6) is 5.75 Å². The standard InChI is InChI=1S/C16H26N2OS/c1-5-6-7-8-13(3)17-16(20)18-14-11-12(2)9-10-15(14)19-4/h9-11,13H,5-8H2,1-4H3,(H2,17,18,20). The van der Waals surface area contributed by atoms with Gasteiger partial charge in [0.1, 0.15) is 5.75 Å². The average molecular weight is 294 g/mol. The Bertz CT molecular complexity index is 434. The van der Waals surface area contributed by atoms with Gasteiger partial charge in [0.15, 0.2) is 5.11 Å². The lowest BCUT2D eigenvalue weighted by Crippen LogP contribution is -2.35. The number of anilines is 1. The number of hydrogen-bond acceptors (Lipinski definition) is 2. The molecule has 0 spiro atoms. The summed E-state index contributed by atoms with van der Waals surface area (Å²) < 4.78 is 5.34. The quantitative estimate of drug-likeness (QED) is 0.581. The second kappa shape index (κ2) is 8.80. The van der Waals surface area contributed by atoms with Crippen LogP contribution in [0, 0.1) is 6.92 Å². The molecule has 0 aromatic heterocycles. The molecule has 0 heterocycles. The smallest absolute Gasteiger partial charge is 0.171 e. The molecule has 0 saturated carbocycles. The first kappa shape index (κ1) is 16.8. The third kappa shape index (κ3) is 5.78. The van der Waals surface area contributed by atoms with E-state index in [0.29, 0.717) is 11.2 Å². The van der Waals surface area contributed by atoms with Gasteiger partial charge in [0, 0.05) is 6.04 Å². The molecule has 0 saturated heterocycles. The van der Waals surface area contributed by atoms with Gasteiger partial charge < -0.3 is 15.4 Å². The van der Waals surface area contributed by atoms with Crippen LogP contribution in [-0.4, -0.2) is 18.3 Å². The molecule has 0 aliphatic rings. The van der Waals surface area contributed by atoms with Gasteiger partial charge in [-0.2, -0.15) is 0 Å². The Kier molecular flexibility index (Phi) is 7.37. The normalized spacial score (nSPS) is 11.8. The summed E-state index contributed by atoms with van der Waals surface area (Å²) in [5.41, 5.74) is 2.08. The van der Waals surface area contributed by atoms with Crippen molar-refractivity contribution in [2.45, 2.75) is 52.5 Å². The van der Waals surface area contributed by atoms with E-state index in [4.69, 9.17) is 17.0 Å². The maximum Gasteiger partial charge on any atom is 0.171 e. The van der Waals surface area contributed by atoms with E-state index in [2.05, 4.69) is 31.4 Å². The van der Waals surface area contributed by atoms with Crippen LogP contribution < -0.4 is 15.4 Å². The minimum Gasteiger partial charge on any atom is -0.495 e. The molecule has 1 aromatic rings.